The number of carbonyl (C=O) groups excluding carboxylic acids is 1. The normalized spacial score (nSPS) is 11.6. The molecule has 0 saturated heterocycles. The predicted octanol–water partition coefficient (Wildman–Crippen LogP) is 3.07. The molecule has 2 N–H and O–H groups in total. The summed E-state index contributed by atoms with van der Waals surface area (Å²) >= 11 is 0. The van der Waals surface area contributed by atoms with Gasteiger partial charge in [0.05, 0.1) is 12.7 Å². The number of nitrogens with one attached hydrogen (secondary N) is 2. The zero-order valence-electron chi connectivity index (χ0n) is 16.3. The van der Waals surface area contributed by atoms with Crippen molar-refractivity contribution in [3.63, 3.8) is 0 Å². The quantitative estimate of drug-likeness (QED) is 0.671. The lowest BCUT2D eigenvalue weighted by Crippen LogP contribution is -2.25. The van der Waals surface area contributed by atoms with Gasteiger partial charge in [0.1, 0.15) is 16.2 Å². The summed E-state index contributed by atoms with van der Waals surface area (Å²) in [6, 6.07) is 7.17. The van der Waals surface area contributed by atoms with Gasteiger partial charge in [0.25, 0.3) is 0 Å². The van der Waals surface area contributed by atoms with E-state index in [2.05, 4.69) is 9.71 Å². The van der Waals surface area contributed by atoms with Crippen LogP contribution in [0.3, 0.4) is 0 Å². The highest BCUT2D eigenvalue weighted by molar-refractivity contribution is 7.89. The molecule has 27 heavy (non-hydrogen) atoms. The molecular weight excluding hydrogens is 368 g/mol. The van der Waals surface area contributed by atoms with Crippen LogP contribution >= 0.6 is 0 Å². The van der Waals surface area contributed by atoms with Crippen molar-refractivity contribution >= 4 is 16.0 Å². The van der Waals surface area contributed by atoms with Crippen LogP contribution in [0.25, 0.3) is 0 Å². The van der Waals surface area contributed by atoms with Crippen molar-refractivity contribution in [2.45, 2.75) is 52.2 Å². The van der Waals surface area contributed by atoms with Gasteiger partial charge in [-0.05, 0) is 52.3 Å². The van der Waals surface area contributed by atoms with Crippen LogP contribution in [0, 0.1) is 13.8 Å². The zero-order valence-corrected chi connectivity index (χ0v) is 17.1. The Hall–Kier alpha value is -2.32. The number of esters is 1. The second kappa shape index (κ2) is 8.58. The van der Waals surface area contributed by atoms with Crippen LogP contribution in [-0.4, -0.2) is 32.1 Å². The number of rotatable bonds is 8. The Morgan fingerprint density at radius 1 is 1.15 bits per heavy atom. The number of hydrogen-bond donors (Lipinski definition) is 2. The molecule has 0 aliphatic rings. The van der Waals surface area contributed by atoms with Crippen molar-refractivity contribution in [1.82, 2.24) is 9.71 Å². The fourth-order valence-corrected chi connectivity index (χ4v) is 4.21. The molecule has 0 fully saturated rings. The van der Waals surface area contributed by atoms with Crippen molar-refractivity contribution in [1.29, 1.82) is 0 Å². The van der Waals surface area contributed by atoms with Gasteiger partial charge >= 0.3 is 5.97 Å². The monoisotopic (exact) mass is 394 g/mol. The Balaban J connectivity index is 2.21. The molecular formula is C19H26N2O5S. The molecule has 0 amide bonds. The number of H-pyrrole nitrogens is 1. The van der Waals surface area contributed by atoms with Crippen molar-refractivity contribution in [3.8, 4) is 5.75 Å². The molecule has 7 nitrogen and oxygen atoms in total. The van der Waals surface area contributed by atoms with E-state index in [1.807, 2.05) is 13.8 Å². The number of hydrogen-bond acceptors (Lipinski definition) is 5. The van der Waals surface area contributed by atoms with Crippen molar-refractivity contribution in [3.05, 3.63) is 46.8 Å². The standard InChI is InChI=1S/C19H26N2O5S/c1-6-25-19(22)17-13(4)21-14(5)18(17)27(23,24)20-11-15-7-9-16(10-8-15)26-12(2)3/h7-10,12,20-21H,6,11H2,1-5H3. The average Bonchev–Trinajstić information content (AvgIpc) is 2.89. The Bertz CT molecular complexity index is 899. The predicted molar refractivity (Wildman–Crippen MR) is 102 cm³/mol. The summed E-state index contributed by atoms with van der Waals surface area (Å²) in [5.74, 6) is 0.0632. The fraction of sp³-hybridized carbons (Fsp3) is 0.421. The van der Waals surface area contributed by atoms with E-state index in [4.69, 9.17) is 9.47 Å². The minimum Gasteiger partial charge on any atom is -0.491 e. The molecule has 148 valence electrons. The van der Waals surface area contributed by atoms with Gasteiger partial charge in [-0.2, -0.15) is 0 Å². The second-order valence-electron chi connectivity index (χ2n) is 6.43. The molecule has 1 aromatic carbocycles. The first kappa shape index (κ1) is 21.0. The molecule has 0 saturated carbocycles. The first-order valence-electron chi connectivity index (χ1n) is 8.77. The van der Waals surface area contributed by atoms with E-state index >= 15 is 0 Å². The van der Waals surface area contributed by atoms with E-state index in [0.717, 1.165) is 11.3 Å². The molecule has 2 aromatic rings. The minimum absolute atomic E-state index is 0.0440. The van der Waals surface area contributed by atoms with Crippen LogP contribution < -0.4 is 9.46 Å². The summed E-state index contributed by atoms with van der Waals surface area (Å²) in [7, 11) is -3.90. The number of aryl methyl sites for hydroxylation is 2. The third-order valence-corrected chi connectivity index (χ3v) is 5.40. The number of benzene rings is 1. The smallest absolute Gasteiger partial charge is 0.341 e. The van der Waals surface area contributed by atoms with Gasteiger partial charge in [0.15, 0.2) is 0 Å². The molecule has 0 bridgehead atoms. The molecule has 0 aliphatic carbocycles. The van der Waals surface area contributed by atoms with Gasteiger partial charge in [-0.15, -0.1) is 0 Å². The van der Waals surface area contributed by atoms with E-state index in [1.165, 1.54) is 0 Å². The van der Waals surface area contributed by atoms with E-state index < -0.39 is 16.0 Å². The van der Waals surface area contributed by atoms with Crippen LogP contribution in [0.1, 0.15) is 48.1 Å². The van der Waals surface area contributed by atoms with Gasteiger partial charge in [0.2, 0.25) is 10.0 Å². The van der Waals surface area contributed by atoms with Crippen LogP contribution in [0.15, 0.2) is 29.2 Å². The SMILES string of the molecule is CCOC(=O)c1c(C)[nH]c(C)c1S(=O)(=O)NCc1ccc(OC(C)C)cc1. The molecule has 1 aromatic heterocycles. The first-order valence-corrected chi connectivity index (χ1v) is 10.3. The summed E-state index contributed by atoms with van der Waals surface area (Å²) in [6.45, 7) is 9.06. The van der Waals surface area contributed by atoms with Gasteiger partial charge in [-0.3, -0.25) is 0 Å². The Morgan fingerprint density at radius 2 is 1.78 bits per heavy atom. The highest BCUT2D eigenvalue weighted by Gasteiger charge is 2.29. The molecule has 0 aliphatic heterocycles. The lowest BCUT2D eigenvalue weighted by Gasteiger charge is -2.11. The van der Waals surface area contributed by atoms with E-state index in [9.17, 15) is 13.2 Å². The number of aromatic nitrogens is 1. The van der Waals surface area contributed by atoms with E-state index in [1.54, 1.807) is 45.0 Å². The summed E-state index contributed by atoms with van der Waals surface area (Å²) in [6.07, 6.45) is 0.0652. The average molecular weight is 394 g/mol. The van der Waals surface area contributed by atoms with Crippen LogP contribution in [0.5, 0.6) is 5.75 Å². The largest absolute Gasteiger partial charge is 0.491 e. The molecule has 0 unspecified atom stereocenters. The number of sulfonamides is 1. The van der Waals surface area contributed by atoms with Crippen LogP contribution in [0.4, 0.5) is 0 Å². The van der Waals surface area contributed by atoms with Crippen molar-refractivity contribution < 1.29 is 22.7 Å². The molecule has 0 radical (unpaired) electrons. The Morgan fingerprint density at radius 3 is 2.33 bits per heavy atom. The lowest BCUT2D eigenvalue weighted by atomic mass is 10.2. The molecule has 0 spiro atoms. The van der Waals surface area contributed by atoms with E-state index in [0.29, 0.717) is 11.4 Å². The number of ether oxygens (including phenoxy) is 2. The molecule has 0 atom stereocenters. The summed E-state index contributed by atoms with van der Waals surface area (Å²) in [5, 5.41) is 0. The minimum atomic E-state index is -3.90. The lowest BCUT2D eigenvalue weighted by molar-refractivity contribution is 0.0521. The maximum atomic E-state index is 12.8. The first-order chi connectivity index (χ1) is 12.7. The van der Waals surface area contributed by atoms with Crippen molar-refractivity contribution in [2.75, 3.05) is 6.61 Å². The van der Waals surface area contributed by atoms with Gasteiger partial charge in [-0.1, -0.05) is 12.1 Å². The van der Waals surface area contributed by atoms with Gasteiger partial charge < -0.3 is 14.5 Å². The highest BCUT2D eigenvalue weighted by atomic mass is 32.2. The third-order valence-electron chi connectivity index (χ3n) is 3.83. The summed E-state index contributed by atoms with van der Waals surface area (Å²) < 4.78 is 38.8. The highest BCUT2D eigenvalue weighted by Crippen LogP contribution is 2.25. The molecule has 1 heterocycles. The number of carbonyl (C=O) groups is 1. The zero-order chi connectivity index (χ0) is 20.2. The fourth-order valence-electron chi connectivity index (χ4n) is 2.75. The Kier molecular flexibility index (Phi) is 6.67. The molecule has 8 heteroatoms. The summed E-state index contributed by atoms with van der Waals surface area (Å²) in [4.78, 5) is 15.0. The third kappa shape index (κ3) is 5.11. The topological polar surface area (TPSA) is 97.5 Å². The van der Waals surface area contributed by atoms with Gasteiger partial charge in [-0.25, -0.2) is 17.9 Å². The van der Waals surface area contributed by atoms with Crippen LogP contribution in [0.2, 0.25) is 0 Å². The van der Waals surface area contributed by atoms with Crippen LogP contribution in [-0.2, 0) is 21.3 Å². The Labute approximate surface area is 160 Å². The van der Waals surface area contributed by atoms with Crippen molar-refractivity contribution in [2.24, 2.45) is 0 Å². The maximum absolute atomic E-state index is 12.8. The molecule has 2 rings (SSSR count). The maximum Gasteiger partial charge on any atom is 0.341 e. The van der Waals surface area contributed by atoms with E-state index in [-0.39, 0.29) is 29.7 Å². The summed E-state index contributed by atoms with van der Waals surface area (Å²) in [5.41, 5.74) is 1.67. The number of aromatic amines is 1. The second-order valence-corrected chi connectivity index (χ2v) is 8.14. The van der Waals surface area contributed by atoms with Gasteiger partial charge in [0, 0.05) is 17.9 Å².